The van der Waals surface area contributed by atoms with Crippen LogP contribution in [0.1, 0.15) is 33.6 Å². The summed E-state index contributed by atoms with van der Waals surface area (Å²) in [6, 6.07) is 0.709. The molecular weight excluding hydrogens is 184 g/mol. The smallest absolute Gasteiger partial charge is 0.0214 e. The molecule has 1 aliphatic rings. The van der Waals surface area contributed by atoms with Gasteiger partial charge in [0.15, 0.2) is 0 Å². The zero-order chi connectivity index (χ0) is 11.1. The normalized spacial score (nSPS) is 21.7. The molecule has 2 heteroatoms. The van der Waals surface area contributed by atoms with Gasteiger partial charge in [-0.1, -0.05) is 0 Å². The molecule has 15 heavy (non-hydrogen) atoms. The average Bonchev–Trinajstić information content (AvgIpc) is 2.66. The summed E-state index contributed by atoms with van der Waals surface area (Å²) in [6.07, 6.45) is 2.34. The van der Waals surface area contributed by atoms with Crippen LogP contribution in [0.2, 0.25) is 0 Å². The van der Waals surface area contributed by atoms with Gasteiger partial charge in [0, 0.05) is 25.6 Å². The maximum absolute atomic E-state index is 3.49. The van der Waals surface area contributed by atoms with E-state index in [1.807, 2.05) is 6.92 Å². The third kappa shape index (κ3) is 4.68. The van der Waals surface area contributed by atoms with Crippen LogP contribution in [0.15, 0.2) is 0 Å². The molecule has 0 saturated carbocycles. The molecule has 0 amide bonds. The molecule has 1 unspecified atom stereocenters. The van der Waals surface area contributed by atoms with E-state index in [9.17, 15) is 0 Å². The van der Waals surface area contributed by atoms with Crippen molar-refractivity contribution >= 4 is 0 Å². The van der Waals surface area contributed by atoms with Crippen LogP contribution < -0.4 is 5.32 Å². The molecule has 0 aromatic heterocycles. The summed E-state index contributed by atoms with van der Waals surface area (Å²) in [5.74, 6) is 6.85. The second-order valence-corrected chi connectivity index (χ2v) is 4.62. The number of nitrogens with zero attached hydrogens (tertiary/aromatic N) is 1. The Hall–Kier alpha value is -0.520. The summed E-state index contributed by atoms with van der Waals surface area (Å²) in [7, 11) is 0. The third-order valence-electron chi connectivity index (χ3n) is 3.08. The quantitative estimate of drug-likeness (QED) is 0.547. The largest absolute Gasteiger partial charge is 0.315 e. The molecule has 0 bridgehead atoms. The van der Waals surface area contributed by atoms with Crippen molar-refractivity contribution < 1.29 is 0 Å². The maximum atomic E-state index is 3.49. The molecule has 1 aliphatic heterocycles. The molecule has 0 radical (unpaired) electrons. The van der Waals surface area contributed by atoms with Crippen molar-refractivity contribution in [1.29, 1.82) is 0 Å². The Balaban J connectivity index is 2.05. The van der Waals surface area contributed by atoms with Gasteiger partial charge in [0.05, 0.1) is 0 Å². The fourth-order valence-electron chi connectivity index (χ4n) is 2.08. The molecule has 1 saturated heterocycles. The standard InChI is InChI=1S/C13H24N2/c1-4-5-6-8-14-10-13-7-9-15(11-13)12(2)3/h12-14H,6-11H2,1-3H3. The number of rotatable bonds is 5. The first-order valence-electron chi connectivity index (χ1n) is 6.08. The highest BCUT2D eigenvalue weighted by atomic mass is 15.2. The van der Waals surface area contributed by atoms with Crippen LogP contribution >= 0.6 is 0 Å². The molecule has 1 heterocycles. The monoisotopic (exact) mass is 208 g/mol. The van der Waals surface area contributed by atoms with Crippen molar-refractivity contribution in [3.05, 3.63) is 0 Å². The summed E-state index contributed by atoms with van der Waals surface area (Å²) >= 11 is 0. The maximum Gasteiger partial charge on any atom is 0.0214 e. The van der Waals surface area contributed by atoms with Crippen LogP contribution in [-0.4, -0.2) is 37.1 Å². The van der Waals surface area contributed by atoms with Crippen molar-refractivity contribution in [3.63, 3.8) is 0 Å². The lowest BCUT2D eigenvalue weighted by atomic mass is 10.1. The summed E-state index contributed by atoms with van der Waals surface area (Å²) in [4.78, 5) is 2.57. The first-order valence-corrected chi connectivity index (χ1v) is 6.08. The molecule has 0 aromatic carbocycles. The molecular formula is C13H24N2. The van der Waals surface area contributed by atoms with Gasteiger partial charge < -0.3 is 10.2 Å². The molecule has 1 fully saturated rings. The van der Waals surface area contributed by atoms with Crippen molar-refractivity contribution in [1.82, 2.24) is 10.2 Å². The van der Waals surface area contributed by atoms with E-state index in [1.165, 1.54) is 19.5 Å². The van der Waals surface area contributed by atoms with Crippen molar-refractivity contribution in [2.24, 2.45) is 5.92 Å². The van der Waals surface area contributed by atoms with Crippen LogP contribution in [-0.2, 0) is 0 Å². The van der Waals surface area contributed by atoms with Gasteiger partial charge in [-0.2, -0.15) is 0 Å². The van der Waals surface area contributed by atoms with E-state index in [0.717, 1.165) is 25.4 Å². The Morgan fingerprint density at radius 2 is 2.27 bits per heavy atom. The highest BCUT2D eigenvalue weighted by molar-refractivity contribution is 4.95. The van der Waals surface area contributed by atoms with Crippen molar-refractivity contribution in [2.45, 2.75) is 39.7 Å². The molecule has 1 rings (SSSR count). The number of hydrogen-bond donors (Lipinski definition) is 1. The molecule has 1 N–H and O–H groups in total. The van der Waals surface area contributed by atoms with E-state index in [-0.39, 0.29) is 0 Å². The molecule has 2 nitrogen and oxygen atoms in total. The fraction of sp³-hybridized carbons (Fsp3) is 0.846. The minimum absolute atomic E-state index is 0.709. The van der Waals surface area contributed by atoms with E-state index in [2.05, 4.69) is 35.9 Å². The Bertz CT molecular complexity index is 224. The van der Waals surface area contributed by atoms with Gasteiger partial charge in [-0.05, 0) is 46.2 Å². The van der Waals surface area contributed by atoms with Crippen molar-refractivity contribution in [3.8, 4) is 11.8 Å². The Labute approximate surface area is 94.4 Å². The average molecular weight is 208 g/mol. The predicted octanol–water partition coefficient (Wildman–Crippen LogP) is 1.72. The Morgan fingerprint density at radius 1 is 1.47 bits per heavy atom. The van der Waals surface area contributed by atoms with Crippen LogP contribution in [0.25, 0.3) is 0 Å². The highest BCUT2D eigenvalue weighted by Gasteiger charge is 2.23. The lowest BCUT2D eigenvalue weighted by molar-refractivity contribution is 0.264. The minimum atomic E-state index is 0.709. The van der Waals surface area contributed by atoms with Crippen LogP contribution in [0.4, 0.5) is 0 Å². The van der Waals surface area contributed by atoms with Gasteiger partial charge >= 0.3 is 0 Å². The first kappa shape index (κ1) is 12.5. The van der Waals surface area contributed by atoms with Gasteiger partial charge in [0.2, 0.25) is 0 Å². The summed E-state index contributed by atoms with van der Waals surface area (Å²) in [5, 5.41) is 3.49. The number of nitrogens with one attached hydrogen (secondary N) is 1. The molecule has 0 aliphatic carbocycles. The predicted molar refractivity (Wildman–Crippen MR) is 65.8 cm³/mol. The van der Waals surface area contributed by atoms with Crippen LogP contribution in [0.3, 0.4) is 0 Å². The van der Waals surface area contributed by atoms with E-state index < -0.39 is 0 Å². The zero-order valence-corrected chi connectivity index (χ0v) is 10.3. The van der Waals surface area contributed by atoms with Gasteiger partial charge in [0.1, 0.15) is 0 Å². The lowest BCUT2D eigenvalue weighted by Crippen LogP contribution is -2.30. The minimum Gasteiger partial charge on any atom is -0.315 e. The second kappa shape index (κ2) is 6.87. The number of hydrogen-bond acceptors (Lipinski definition) is 2. The molecule has 86 valence electrons. The third-order valence-corrected chi connectivity index (χ3v) is 3.08. The number of likely N-dealkylation sites (tertiary alicyclic amines) is 1. The lowest BCUT2D eigenvalue weighted by Gasteiger charge is -2.20. The zero-order valence-electron chi connectivity index (χ0n) is 10.3. The first-order chi connectivity index (χ1) is 7.24. The second-order valence-electron chi connectivity index (χ2n) is 4.62. The molecule has 0 spiro atoms. The van der Waals surface area contributed by atoms with E-state index in [0.29, 0.717) is 6.04 Å². The molecule has 1 atom stereocenters. The highest BCUT2D eigenvalue weighted by Crippen LogP contribution is 2.17. The van der Waals surface area contributed by atoms with Crippen molar-refractivity contribution in [2.75, 3.05) is 26.2 Å². The van der Waals surface area contributed by atoms with E-state index in [1.54, 1.807) is 0 Å². The topological polar surface area (TPSA) is 15.3 Å². The van der Waals surface area contributed by atoms with Gasteiger partial charge in [-0.25, -0.2) is 0 Å². The summed E-state index contributed by atoms with van der Waals surface area (Å²) in [5.41, 5.74) is 0. The summed E-state index contributed by atoms with van der Waals surface area (Å²) < 4.78 is 0. The van der Waals surface area contributed by atoms with E-state index in [4.69, 9.17) is 0 Å². The van der Waals surface area contributed by atoms with Gasteiger partial charge in [-0.15, -0.1) is 11.8 Å². The summed E-state index contributed by atoms with van der Waals surface area (Å²) in [6.45, 7) is 11.2. The fourth-order valence-corrected chi connectivity index (χ4v) is 2.08. The van der Waals surface area contributed by atoms with Crippen LogP contribution in [0, 0.1) is 17.8 Å². The SMILES string of the molecule is CC#CCCNCC1CCN(C(C)C)C1. The van der Waals surface area contributed by atoms with Gasteiger partial charge in [-0.3, -0.25) is 0 Å². The molecule has 0 aromatic rings. The van der Waals surface area contributed by atoms with Crippen LogP contribution in [0.5, 0.6) is 0 Å². The van der Waals surface area contributed by atoms with Gasteiger partial charge in [0.25, 0.3) is 0 Å². The Morgan fingerprint density at radius 3 is 2.87 bits per heavy atom. The Kier molecular flexibility index (Phi) is 5.75. The van der Waals surface area contributed by atoms with E-state index >= 15 is 0 Å².